The average molecular weight is 340 g/mol. The molecule has 0 amide bonds. The van der Waals surface area contributed by atoms with Crippen LogP contribution >= 0.6 is 11.6 Å². The standard InChI is InChI=1S/C20H15ClFNO/c21-19-12-15(13-23-18-7-2-1-3-8-18)9-10-20(19)24-14-16-5-4-6-17(22)11-16/h1-13H,14H2. The largest absolute Gasteiger partial charge is 0.487 e. The molecule has 3 rings (SSSR count). The van der Waals surface area contributed by atoms with Crippen molar-refractivity contribution < 1.29 is 9.13 Å². The van der Waals surface area contributed by atoms with Crippen molar-refractivity contribution in [1.29, 1.82) is 0 Å². The molecule has 0 unspecified atom stereocenters. The quantitative estimate of drug-likeness (QED) is 0.537. The molecule has 0 aliphatic carbocycles. The summed E-state index contributed by atoms with van der Waals surface area (Å²) in [6, 6.07) is 21.4. The molecule has 0 atom stereocenters. The molecule has 0 spiro atoms. The fraction of sp³-hybridized carbons (Fsp3) is 0.0500. The maximum Gasteiger partial charge on any atom is 0.138 e. The van der Waals surface area contributed by atoms with Crippen molar-refractivity contribution in [2.45, 2.75) is 6.61 Å². The highest BCUT2D eigenvalue weighted by Gasteiger charge is 2.04. The van der Waals surface area contributed by atoms with Gasteiger partial charge in [-0.3, -0.25) is 4.99 Å². The number of ether oxygens (including phenoxy) is 1. The summed E-state index contributed by atoms with van der Waals surface area (Å²) < 4.78 is 18.8. The van der Waals surface area contributed by atoms with Crippen LogP contribution in [0.3, 0.4) is 0 Å². The summed E-state index contributed by atoms with van der Waals surface area (Å²) in [5.74, 6) is 0.271. The van der Waals surface area contributed by atoms with Crippen molar-refractivity contribution >= 4 is 23.5 Å². The first kappa shape index (κ1) is 16.2. The Kier molecular flexibility index (Phi) is 5.24. The molecule has 0 aliphatic rings. The number of hydrogen-bond donors (Lipinski definition) is 0. The molecular weight excluding hydrogens is 325 g/mol. The summed E-state index contributed by atoms with van der Waals surface area (Å²) in [6.45, 7) is 0.259. The van der Waals surface area contributed by atoms with Gasteiger partial charge < -0.3 is 4.74 Å². The summed E-state index contributed by atoms with van der Waals surface area (Å²) in [6.07, 6.45) is 1.75. The summed E-state index contributed by atoms with van der Waals surface area (Å²) >= 11 is 6.25. The van der Waals surface area contributed by atoms with Gasteiger partial charge in [-0.15, -0.1) is 0 Å². The molecule has 120 valence electrons. The van der Waals surface area contributed by atoms with Crippen LogP contribution in [0.2, 0.25) is 5.02 Å². The fourth-order valence-corrected chi connectivity index (χ4v) is 2.41. The van der Waals surface area contributed by atoms with Crippen LogP contribution < -0.4 is 4.74 Å². The molecule has 0 saturated heterocycles. The monoisotopic (exact) mass is 339 g/mol. The van der Waals surface area contributed by atoms with E-state index < -0.39 is 0 Å². The van der Waals surface area contributed by atoms with Crippen LogP contribution in [0.1, 0.15) is 11.1 Å². The normalized spacial score (nSPS) is 10.9. The molecule has 0 aromatic heterocycles. The lowest BCUT2D eigenvalue weighted by Crippen LogP contribution is -1.97. The smallest absolute Gasteiger partial charge is 0.138 e. The van der Waals surface area contributed by atoms with E-state index in [1.54, 1.807) is 30.5 Å². The first-order valence-corrected chi connectivity index (χ1v) is 7.84. The van der Waals surface area contributed by atoms with Crippen LogP contribution in [-0.4, -0.2) is 6.21 Å². The highest BCUT2D eigenvalue weighted by Crippen LogP contribution is 2.26. The van der Waals surface area contributed by atoms with Crippen LogP contribution in [0, 0.1) is 5.82 Å². The van der Waals surface area contributed by atoms with Crippen LogP contribution in [0.25, 0.3) is 0 Å². The van der Waals surface area contributed by atoms with E-state index in [4.69, 9.17) is 16.3 Å². The molecule has 4 heteroatoms. The van der Waals surface area contributed by atoms with Gasteiger partial charge in [0.25, 0.3) is 0 Å². The second kappa shape index (κ2) is 7.75. The molecule has 0 aliphatic heterocycles. The Balaban J connectivity index is 1.67. The van der Waals surface area contributed by atoms with E-state index in [1.807, 2.05) is 36.4 Å². The number of halogens is 2. The van der Waals surface area contributed by atoms with Crippen molar-refractivity contribution in [3.05, 3.63) is 94.8 Å². The second-order valence-electron chi connectivity index (χ2n) is 5.20. The predicted molar refractivity (Wildman–Crippen MR) is 95.9 cm³/mol. The Morgan fingerprint density at radius 3 is 2.54 bits per heavy atom. The molecule has 24 heavy (non-hydrogen) atoms. The summed E-state index contributed by atoms with van der Waals surface area (Å²) in [4.78, 5) is 4.38. The van der Waals surface area contributed by atoms with Crippen molar-refractivity contribution in [2.24, 2.45) is 4.99 Å². The summed E-state index contributed by atoms with van der Waals surface area (Å²) in [7, 11) is 0. The van der Waals surface area contributed by atoms with Gasteiger partial charge in [-0.1, -0.05) is 41.9 Å². The van der Waals surface area contributed by atoms with E-state index in [0.717, 1.165) is 16.8 Å². The minimum atomic E-state index is -0.283. The van der Waals surface area contributed by atoms with Gasteiger partial charge in [0.1, 0.15) is 18.2 Å². The second-order valence-corrected chi connectivity index (χ2v) is 5.61. The number of rotatable bonds is 5. The van der Waals surface area contributed by atoms with E-state index >= 15 is 0 Å². The molecule has 0 fully saturated rings. The molecule has 0 radical (unpaired) electrons. The maximum atomic E-state index is 13.2. The van der Waals surface area contributed by atoms with Gasteiger partial charge in [-0.2, -0.15) is 0 Å². The van der Waals surface area contributed by atoms with Crippen LogP contribution in [-0.2, 0) is 6.61 Å². The number of nitrogens with zero attached hydrogens (tertiary/aromatic N) is 1. The third-order valence-corrected chi connectivity index (χ3v) is 3.65. The lowest BCUT2D eigenvalue weighted by Gasteiger charge is -2.08. The van der Waals surface area contributed by atoms with Crippen molar-refractivity contribution in [1.82, 2.24) is 0 Å². The number of benzene rings is 3. The molecule has 3 aromatic rings. The van der Waals surface area contributed by atoms with Gasteiger partial charge in [-0.25, -0.2) is 4.39 Å². The third kappa shape index (κ3) is 4.43. The predicted octanol–water partition coefficient (Wildman–Crippen LogP) is 5.81. The molecule has 0 heterocycles. The number of aliphatic imine (C=N–C) groups is 1. The molecule has 0 saturated carbocycles. The Bertz CT molecular complexity index is 849. The van der Waals surface area contributed by atoms with Gasteiger partial charge >= 0.3 is 0 Å². The number of para-hydroxylation sites is 1. The first-order valence-electron chi connectivity index (χ1n) is 7.46. The summed E-state index contributed by atoms with van der Waals surface area (Å²) in [5.41, 5.74) is 2.50. The van der Waals surface area contributed by atoms with E-state index in [-0.39, 0.29) is 12.4 Å². The van der Waals surface area contributed by atoms with Gasteiger partial charge in [0.2, 0.25) is 0 Å². The van der Waals surface area contributed by atoms with E-state index in [2.05, 4.69) is 4.99 Å². The Labute approximate surface area is 145 Å². The molecule has 0 bridgehead atoms. The average Bonchev–Trinajstić information content (AvgIpc) is 2.60. The van der Waals surface area contributed by atoms with Crippen molar-refractivity contribution in [3.63, 3.8) is 0 Å². The molecule has 3 aromatic carbocycles. The molecule has 0 N–H and O–H groups in total. The van der Waals surface area contributed by atoms with Gasteiger partial charge in [-0.05, 0) is 53.6 Å². The SMILES string of the molecule is Fc1cccc(COc2ccc(C=Nc3ccccc3)cc2Cl)c1. The van der Waals surface area contributed by atoms with Crippen molar-refractivity contribution in [2.75, 3.05) is 0 Å². The zero-order valence-electron chi connectivity index (χ0n) is 12.8. The van der Waals surface area contributed by atoms with Crippen LogP contribution in [0.4, 0.5) is 10.1 Å². The minimum absolute atomic E-state index is 0.259. The lowest BCUT2D eigenvalue weighted by molar-refractivity contribution is 0.306. The Morgan fingerprint density at radius 1 is 0.958 bits per heavy atom. The van der Waals surface area contributed by atoms with Gasteiger partial charge in [0, 0.05) is 6.21 Å². The lowest BCUT2D eigenvalue weighted by atomic mass is 10.2. The maximum absolute atomic E-state index is 13.2. The van der Waals surface area contributed by atoms with Crippen LogP contribution in [0.15, 0.2) is 77.8 Å². The van der Waals surface area contributed by atoms with Gasteiger partial charge in [0.15, 0.2) is 0 Å². The minimum Gasteiger partial charge on any atom is -0.487 e. The molecular formula is C20H15ClFNO. The van der Waals surface area contributed by atoms with E-state index in [1.165, 1.54) is 12.1 Å². The van der Waals surface area contributed by atoms with Crippen LogP contribution in [0.5, 0.6) is 5.75 Å². The van der Waals surface area contributed by atoms with Crippen molar-refractivity contribution in [3.8, 4) is 5.75 Å². The Hall–Kier alpha value is -2.65. The zero-order valence-corrected chi connectivity index (χ0v) is 13.6. The van der Waals surface area contributed by atoms with Gasteiger partial charge in [0.05, 0.1) is 10.7 Å². The van der Waals surface area contributed by atoms with E-state index in [9.17, 15) is 4.39 Å². The topological polar surface area (TPSA) is 21.6 Å². The zero-order chi connectivity index (χ0) is 16.8. The molecule has 2 nitrogen and oxygen atoms in total. The third-order valence-electron chi connectivity index (χ3n) is 3.36. The summed E-state index contributed by atoms with van der Waals surface area (Å²) in [5, 5.41) is 0.489. The Morgan fingerprint density at radius 2 is 1.79 bits per heavy atom. The highest BCUT2D eigenvalue weighted by molar-refractivity contribution is 6.32. The first-order chi connectivity index (χ1) is 11.7. The number of hydrogen-bond acceptors (Lipinski definition) is 2. The van der Waals surface area contributed by atoms with E-state index in [0.29, 0.717) is 10.8 Å². The fourth-order valence-electron chi connectivity index (χ4n) is 2.17. The highest BCUT2D eigenvalue weighted by atomic mass is 35.5.